The zero-order chi connectivity index (χ0) is 16.7. The highest BCUT2D eigenvalue weighted by atomic mass is 16.5. The maximum atomic E-state index is 12.6. The summed E-state index contributed by atoms with van der Waals surface area (Å²) < 4.78 is 11.1. The SMILES string of the molecule is N#CC1=C(N)Oc2c(c(=O)oc3ccccc23)[C@@H]1c1ccncc1. The molecular weight excluding hydrogens is 306 g/mol. The number of hydrogen-bond donors (Lipinski definition) is 1. The van der Waals surface area contributed by atoms with Gasteiger partial charge in [-0.2, -0.15) is 5.26 Å². The van der Waals surface area contributed by atoms with Crippen LogP contribution in [0.1, 0.15) is 17.0 Å². The first-order valence-electron chi connectivity index (χ1n) is 7.24. The van der Waals surface area contributed by atoms with Crippen molar-refractivity contribution in [2.75, 3.05) is 0 Å². The number of nitrogens with two attached hydrogens (primary N) is 1. The van der Waals surface area contributed by atoms with Crippen molar-refractivity contribution < 1.29 is 9.15 Å². The van der Waals surface area contributed by atoms with Gasteiger partial charge in [-0.3, -0.25) is 4.98 Å². The van der Waals surface area contributed by atoms with Gasteiger partial charge in [-0.15, -0.1) is 0 Å². The third kappa shape index (κ3) is 1.96. The minimum absolute atomic E-state index is 0.0115. The molecule has 6 nitrogen and oxygen atoms in total. The molecule has 0 saturated carbocycles. The molecule has 0 saturated heterocycles. The van der Waals surface area contributed by atoms with E-state index in [1.165, 1.54) is 0 Å². The maximum absolute atomic E-state index is 12.6. The molecule has 24 heavy (non-hydrogen) atoms. The van der Waals surface area contributed by atoms with Crippen molar-refractivity contribution in [3.63, 3.8) is 0 Å². The standard InChI is InChI=1S/C18H11N3O3/c19-9-12-14(10-5-7-21-8-6-10)15-16(24-17(12)20)11-3-1-2-4-13(11)23-18(15)22/h1-8,14H,20H2/t14-/m1/s1. The molecule has 0 bridgehead atoms. The van der Waals surface area contributed by atoms with E-state index < -0.39 is 11.5 Å². The number of ether oxygens (including phenoxy) is 1. The molecular formula is C18H11N3O3. The lowest BCUT2D eigenvalue weighted by Crippen LogP contribution is -2.26. The molecule has 3 aromatic rings. The molecule has 0 unspecified atom stereocenters. The first-order valence-corrected chi connectivity index (χ1v) is 7.24. The van der Waals surface area contributed by atoms with Gasteiger partial charge in [0.05, 0.1) is 16.9 Å². The normalized spacial score (nSPS) is 16.4. The van der Waals surface area contributed by atoms with Gasteiger partial charge in [0.15, 0.2) is 5.75 Å². The number of aromatic nitrogens is 1. The Morgan fingerprint density at radius 1 is 1.17 bits per heavy atom. The molecule has 0 amide bonds. The van der Waals surface area contributed by atoms with Crippen LogP contribution in [0.15, 0.2) is 69.5 Å². The van der Waals surface area contributed by atoms with Crippen molar-refractivity contribution in [1.29, 1.82) is 5.26 Å². The number of benzene rings is 1. The van der Waals surface area contributed by atoms with Gasteiger partial charge < -0.3 is 14.9 Å². The van der Waals surface area contributed by atoms with Gasteiger partial charge in [-0.05, 0) is 29.8 Å². The fourth-order valence-electron chi connectivity index (χ4n) is 2.96. The van der Waals surface area contributed by atoms with Crippen molar-refractivity contribution in [2.24, 2.45) is 5.73 Å². The number of pyridine rings is 1. The summed E-state index contributed by atoms with van der Waals surface area (Å²) in [4.78, 5) is 16.6. The van der Waals surface area contributed by atoms with E-state index >= 15 is 0 Å². The van der Waals surface area contributed by atoms with Crippen molar-refractivity contribution in [1.82, 2.24) is 4.98 Å². The molecule has 0 spiro atoms. The molecule has 1 aliphatic heterocycles. The van der Waals surface area contributed by atoms with E-state index in [1.54, 1.807) is 42.7 Å². The van der Waals surface area contributed by atoms with Crippen LogP contribution < -0.4 is 16.1 Å². The van der Waals surface area contributed by atoms with Crippen LogP contribution in [0.25, 0.3) is 11.0 Å². The minimum atomic E-state index is -0.650. The lowest BCUT2D eigenvalue weighted by atomic mass is 9.84. The molecule has 1 atom stereocenters. The summed E-state index contributed by atoms with van der Waals surface area (Å²) in [6.45, 7) is 0. The van der Waals surface area contributed by atoms with E-state index in [0.29, 0.717) is 16.7 Å². The molecule has 116 valence electrons. The van der Waals surface area contributed by atoms with Crippen LogP contribution in [0, 0.1) is 11.3 Å². The highest BCUT2D eigenvalue weighted by Crippen LogP contribution is 2.43. The van der Waals surface area contributed by atoms with E-state index in [1.807, 2.05) is 12.1 Å². The van der Waals surface area contributed by atoms with E-state index in [2.05, 4.69) is 4.98 Å². The van der Waals surface area contributed by atoms with Crippen molar-refractivity contribution >= 4 is 11.0 Å². The number of nitriles is 1. The van der Waals surface area contributed by atoms with Crippen LogP contribution in [0.3, 0.4) is 0 Å². The first-order chi connectivity index (χ1) is 11.7. The molecule has 2 N–H and O–H groups in total. The summed E-state index contributed by atoms with van der Waals surface area (Å²) >= 11 is 0. The second-order valence-electron chi connectivity index (χ2n) is 5.33. The molecule has 1 aliphatic rings. The molecule has 4 rings (SSSR count). The van der Waals surface area contributed by atoms with E-state index in [0.717, 1.165) is 5.56 Å². The number of allylic oxidation sites excluding steroid dienone is 1. The summed E-state index contributed by atoms with van der Waals surface area (Å²) in [6, 6.07) is 12.6. The Bertz CT molecular complexity index is 1080. The van der Waals surface area contributed by atoms with E-state index in [4.69, 9.17) is 14.9 Å². The van der Waals surface area contributed by atoms with E-state index in [-0.39, 0.29) is 17.0 Å². The lowest BCUT2D eigenvalue weighted by Gasteiger charge is -2.25. The van der Waals surface area contributed by atoms with Crippen molar-refractivity contribution in [3.8, 4) is 11.8 Å². The topological polar surface area (TPSA) is 102 Å². The molecule has 0 aliphatic carbocycles. The van der Waals surface area contributed by atoms with Crippen LogP contribution in [-0.4, -0.2) is 4.98 Å². The zero-order valence-electron chi connectivity index (χ0n) is 12.4. The highest BCUT2D eigenvalue weighted by Gasteiger charge is 2.35. The van der Waals surface area contributed by atoms with Gasteiger partial charge in [-0.25, -0.2) is 4.79 Å². The van der Waals surface area contributed by atoms with Crippen LogP contribution in [0.4, 0.5) is 0 Å². The fourth-order valence-corrected chi connectivity index (χ4v) is 2.96. The monoisotopic (exact) mass is 317 g/mol. The summed E-state index contributed by atoms with van der Waals surface area (Å²) in [7, 11) is 0. The number of nitrogens with zero attached hydrogens (tertiary/aromatic N) is 2. The van der Waals surface area contributed by atoms with Crippen LogP contribution >= 0.6 is 0 Å². The van der Waals surface area contributed by atoms with Crippen LogP contribution in [0.5, 0.6) is 5.75 Å². The Morgan fingerprint density at radius 3 is 2.67 bits per heavy atom. The minimum Gasteiger partial charge on any atom is -0.439 e. The van der Waals surface area contributed by atoms with Gasteiger partial charge in [0.1, 0.15) is 17.2 Å². The van der Waals surface area contributed by atoms with Gasteiger partial charge in [0.25, 0.3) is 0 Å². The Kier molecular flexibility index (Phi) is 3.07. The molecule has 6 heteroatoms. The third-order valence-electron chi connectivity index (χ3n) is 4.01. The average molecular weight is 317 g/mol. The summed E-state index contributed by atoms with van der Waals surface area (Å²) in [6.07, 6.45) is 3.19. The van der Waals surface area contributed by atoms with Crippen LogP contribution in [0.2, 0.25) is 0 Å². The number of rotatable bonds is 1. The Morgan fingerprint density at radius 2 is 1.92 bits per heavy atom. The van der Waals surface area contributed by atoms with Gasteiger partial charge in [-0.1, -0.05) is 12.1 Å². The smallest absolute Gasteiger partial charge is 0.344 e. The molecule has 0 fully saturated rings. The largest absolute Gasteiger partial charge is 0.439 e. The van der Waals surface area contributed by atoms with Gasteiger partial charge in [0, 0.05) is 12.4 Å². The third-order valence-corrected chi connectivity index (χ3v) is 4.01. The summed E-state index contributed by atoms with van der Waals surface area (Å²) in [5.74, 6) is -0.328. The Labute approximate surface area is 136 Å². The Balaban J connectivity index is 2.10. The average Bonchev–Trinajstić information content (AvgIpc) is 2.61. The molecule has 1 aromatic carbocycles. The quantitative estimate of drug-likeness (QED) is 0.691. The number of hydrogen-bond acceptors (Lipinski definition) is 6. The van der Waals surface area contributed by atoms with Crippen LogP contribution in [-0.2, 0) is 0 Å². The summed E-state index contributed by atoms with van der Waals surface area (Å²) in [5.41, 5.74) is 6.98. The van der Waals surface area contributed by atoms with E-state index in [9.17, 15) is 10.1 Å². The summed E-state index contributed by atoms with van der Waals surface area (Å²) in [5, 5.41) is 10.1. The molecule has 2 aromatic heterocycles. The zero-order valence-corrected chi connectivity index (χ0v) is 12.4. The lowest BCUT2D eigenvalue weighted by molar-refractivity contribution is 0.388. The highest BCUT2D eigenvalue weighted by molar-refractivity contribution is 5.85. The molecule has 3 heterocycles. The van der Waals surface area contributed by atoms with Crippen molar-refractivity contribution in [2.45, 2.75) is 5.92 Å². The number of para-hydroxylation sites is 1. The van der Waals surface area contributed by atoms with Gasteiger partial charge >= 0.3 is 5.63 Å². The second kappa shape index (κ2) is 5.25. The number of fused-ring (bicyclic) bond motifs is 3. The second-order valence-corrected chi connectivity index (χ2v) is 5.33. The Hall–Kier alpha value is -3.59. The predicted molar refractivity (Wildman–Crippen MR) is 86.0 cm³/mol. The maximum Gasteiger partial charge on any atom is 0.344 e. The first kappa shape index (κ1) is 14.0. The fraction of sp³-hybridized carbons (Fsp3) is 0.0556. The molecule has 0 radical (unpaired) electrons. The van der Waals surface area contributed by atoms with Crippen molar-refractivity contribution in [3.05, 3.63) is 81.8 Å². The predicted octanol–water partition coefficient (Wildman–Crippen LogP) is 2.41. The van der Waals surface area contributed by atoms with Gasteiger partial charge in [0.2, 0.25) is 5.88 Å².